The van der Waals surface area contributed by atoms with Gasteiger partial charge in [0.05, 0.1) is 5.59 Å². The van der Waals surface area contributed by atoms with Crippen molar-refractivity contribution in [1.29, 1.82) is 0 Å². The van der Waals surface area contributed by atoms with E-state index in [4.69, 9.17) is 10.0 Å². The third-order valence-corrected chi connectivity index (χ3v) is 1.17. The van der Waals surface area contributed by atoms with Crippen molar-refractivity contribution in [1.82, 2.24) is 9.97 Å². The molecule has 0 bridgehead atoms. The summed E-state index contributed by atoms with van der Waals surface area (Å²) >= 11 is 0. The highest BCUT2D eigenvalue weighted by Crippen LogP contribution is 1.89. The van der Waals surface area contributed by atoms with Crippen LogP contribution in [0.4, 0.5) is 5.95 Å². The van der Waals surface area contributed by atoms with Crippen LogP contribution in [0.2, 0.25) is 0 Å². The molecular weight excluding hydrogens is 145 g/mol. The van der Waals surface area contributed by atoms with Gasteiger partial charge >= 0.3 is 7.12 Å². The third kappa shape index (κ3) is 1.89. The lowest BCUT2D eigenvalue weighted by molar-refractivity contribution is 0.424. The Morgan fingerprint density at radius 3 is 2.82 bits per heavy atom. The molecule has 1 rings (SSSR count). The van der Waals surface area contributed by atoms with Crippen LogP contribution in [0.25, 0.3) is 0 Å². The van der Waals surface area contributed by atoms with Gasteiger partial charge in [0, 0.05) is 13.2 Å². The van der Waals surface area contributed by atoms with Gasteiger partial charge in [-0.1, -0.05) is 0 Å². The molecule has 0 aromatic carbocycles. The maximum Gasteiger partial charge on any atom is 0.508 e. The van der Waals surface area contributed by atoms with E-state index in [1.165, 1.54) is 12.3 Å². The highest BCUT2D eigenvalue weighted by atomic mass is 16.4. The minimum atomic E-state index is -1.54. The van der Waals surface area contributed by atoms with Crippen molar-refractivity contribution >= 4 is 18.7 Å². The molecule has 6 heteroatoms. The summed E-state index contributed by atoms with van der Waals surface area (Å²) < 4.78 is 0. The van der Waals surface area contributed by atoms with Gasteiger partial charge in [-0.15, -0.1) is 0 Å². The fourth-order valence-corrected chi connectivity index (χ4v) is 0.637. The second kappa shape index (κ2) is 3.31. The van der Waals surface area contributed by atoms with Crippen LogP contribution in [0.15, 0.2) is 12.3 Å². The minimum absolute atomic E-state index is 0.185. The quantitative estimate of drug-likeness (QED) is 0.437. The van der Waals surface area contributed by atoms with E-state index >= 15 is 0 Å². The van der Waals surface area contributed by atoms with Gasteiger partial charge in [0.1, 0.15) is 0 Å². The monoisotopic (exact) mass is 153 g/mol. The van der Waals surface area contributed by atoms with Gasteiger partial charge < -0.3 is 15.4 Å². The van der Waals surface area contributed by atoms with Crippen molar-refractivity contribution in [2.45, 2.75) is 0 Å². The molecule has 0 unspecified atom stereocenters. The Kier molecular flexibility index (Phi) is 2.40. The lowest BCUT2D eigenvalue weighted by Gasteiger charge is -2.00. The van der Waals surface area contributed by atoms with Gasteiger partial charge in [0.2, 0.25) is 5.95 Å². The van der Waals surface area contributed by atoms with E-state index in [1.54, 1.807) is 7.05 Å². The van der Waals surface area contributed by atoms with Gasteiger partial charge in [-0.3, -0.25) is 0 Å². The molecule has 11 heavy (non-hydrogen) atoms. The van der Waals surface area contributed by atoms with Gasteiger partial charge in [-0.05, 0) is 6.07 Å². The molecule has 1 aromatic rings. The van der Waals surface area contributed by atoms with Crippen molar-refractivity contribution < 1.29 is 10.0 Å². The van der Waals surface area contributed by atoms with Crippen molar-refractivity contribution in [3.05, 3.63) is 12.3 Å². The highest BCUT2D eigenvalue weighted by Gasteiger charge is 2.12. The minimum Gasteiger partial charge on any atom is -0.422 e. The van der Waals surface area contributed by atoms with Crippen LogP contribution in [0, 0.1) is 0 Å². The maximum absolute atomic E-state index is 8.68. The first-order valence-electron chi connectivity index (χ1n) is 3.11. The molecule has 0 spiro atoms. The second-order valence-corrected chi connectivity index (χ2v) is 1.93. The Bertz CT molecular complexity index is 243. The van der Waals surface area contributed by atoms with E-state index in [9.17, 15) is 0 Å². The lowest BCUT2D eigenvalue weighted by atomic mass is 9.86. The summed E-state index contributed by atoms with van der Waals surface area (Å²) in [4.78, 5) is 7.56. The summed E-state index contributed by atoms with van der Waals surface area (Å²) in [5, 5.41) is 20.0. The van der Waals surface area contributed by atoms with E-state index in [0.717, 1.165) is 0 Å². The molecule has 0 saturated carbocycles. The molecule has 1 heterocycles. The van der Waals surface area contributed by atoms with Crippen LogP contribution in [0.3, 0.4) is 0 Å². The van der Waals surface area contributed by atoms with Crippen LogP contribution >= 0.6 is 0 Å². The van der Waals surface area contributed by atoms with E-state index in [0.29, 0.717) is 5.95 Å². The number of hydrogen-bond acceptors (Lipinski definition) is 5. The molecule has 1 aromatic heterocycles. The Hall–Kier alpha value is -1.14. The molecule has 0 fully saturated rings. The average molecular weight is 153 g/mol. The molecule has 0 atom stereocenters. The van der Waals surface area contributed by atoms with Crippen molar-refractivity contribution in [2.75, 3.05) is 12.4 Å². The van der Waals surface area contributed by atoms with E-state index in [-0.39, 0.29) is 5.59 Å². The van der Waals surface area contributed by atoms with Crippen molar-refractivity contribution in [3.8, 4) is 0 Å². The first-order chi connectivity index (χ1) is 5.24. The summed E-state index contributed by atoms with van der Waals surface area (Å²) in [5.41, 5.74) is 0.185. The smallest absolute Gasteiger partial charge is 0.422 e. The number of aromatic nitrogens is 2. The van der Waals surface area contributed by atoms with Crippen LogP contribution in [0.5, 0.6) is 0 Å². The number of rotatable bonds is 2. The molecule has 0 amide bonds. The summed E-state index contributed by atoms with van der Waals surface area (Å²) in [5.74, 6) is 0.371. The van der Waals surface area contributed by atoms with Crippen LogP contribution in [-0.4, -0.2) is 34.2 Å². The molecule has 0 aliphatic carbocycles. The van der Waals surface area contributed by atoms with Crippen molar-refractivity contribution in [2.24, 2.45) is 0 Å². The van der Waals surface area contributed by atoms with Gasteiger partial charge in [0.25, 0.3) is 0 Å². The van der Waals surface area contributed by atoms with Gasteiger partial charge in [-0.25, -0.2) is 9.97 Å². The highest BCUT2D eigenvalue weighted by molar-refractivity contribution is 6.57. The zero-order chi connectivity index (χ0) is 8.27. The van der Waals surface area contributed by atoms with Crippen LogP contribution in [0.1, 0.15) is 0 Å². The molecular formula is C5H8BN3O2. The zero-order valence-electron chi connectivity index (χ0n) is 6.02. The van der Waals surface area contributed by atoms with Crippen LogP contribution in [-0.2, 0) is 0 Å². The third-order valence-electron chi connectivity index (χ3n) is 1.17. The number of nitrogens with zero attached hydrogens (tertiary/aromatic N) is 2. The Labute approximate surface area is 64.3 Å². The first-order valence-corrected chi connectivity index (χ1v) is 3.11. The fourth-order valence-electron chi connectivity index (χ4n) is 0.637. The van der Waals surface area contributed by atoms with Gasteiger partial charge in [-0.2, -0.15) is 0 Å². The Morgan fingerprint density at radius 2 is 2.27 bits per heavy atom. The molecule has 0 saturated heterocycles. The SMILES string of the molecule is CNc1nccc(B(O)O)n1. The molecule has 0 radical (unpaired) electrons. The number of anilines is 1. The zero-order valence-corrected chi connectivity index (χ0v) is 6.02. The normalized spacial score (nSPS) is 9.36. The maximum atomic E-state index is 8.68. The van der Waals surface area contributed by atoms with E-state index in [1.807, 2.05) is 0 Å². The predicted molar refractivity (Wildman–Crippen MR) is 41.4 cm³/mol. The van der Waals surface area contributed by atoms with Gasteiger partial charge in [0.15, 0.2) is 0 Å². The summed E-state index contributed by atoms with van der Waals surface area (Å²) in [6.45, 7) is 0. The molecule has 3 N–H and O–H groups in total. The molecule has 5 nitrogen and oxygen atoms in total. The standard InChI is InChI=1S/C5H8BN3O2/c1-7-5-8-3-2-4(9-5)6(10)11/h2-3,10-11H,1H3,(H,7,8,9). The topological polar surface area (TPSA) is 78.3 Å². The summed E-state index contributed by atoms with van der Waals surface area (Å²) in [7, 11) is 0.119. The predicted octanol–water partition coefficient (Wildman–Crippen LogP) is -1.80. The molecule has 0 aliphatic rings. The fraction of sp³-hybridized carbons (Fsp3) is 0.200. The largest absolute Gasteiger partial charge is 0.508 e. The first kappa shape index (κ1) is 7.97. The van der Waals surface area contributed by atoms with Crippen molar-refractivity contribution in [3.63, 3.8) is 0 Å². The molecule has 0 aliphatic heterocycles. The van der Waals surface area contributed by atoms with E-state index < -0.39 is 7.12 Å². The summed E-state index contributed by atoms with van der Waals surface area (Å²) in [6, 6.07) is 1.44. The van der Waals surface area contributed by atoms with Crippen LogP contribution < -0.4 is 10.9 Å². The number of nitrogens with one attached hydrogen (secondary N) is 1. The Morgan fingerprint density at radius 1 is 1.55 bits per heavy atom. The lowest BCUT2D eigenvalue weighted by Crippen LogP contribution is -2.33. The summed E-state index contributed by atoms with van der Waals surface area (Å²) in [6.07, 6.45) is 1.45. The molecule has 58 valence electrons. The average Bonchev–Trinajstić information content (AvgIpc) is 2.05. The van der Waals surface area contributed by atoms with E-state index in [2.05, 4.69) is 15.3 Å². The second-order valence-electron chi connectivity index (χ2n) is 1.93. The Balaban J connectivity index is 2.91. The number of hydrogen-bond donors (Lipinski definition) is 3.